The molecular weight excluding hydrogens is 274 g/mol. The van der Waals surface area contributed by atoms with Crippen molar-refractivity contribution < 1.29 is 9.90 Å². The van der Waals surface area contributed by atoms with Gasteiger partial charge in [-0.05, 0) is 38.5 Å². The van der Waals surface area contributed by atoms with Crippen molar-refractivity contribution in [2.24, 2.45) is 5.92 Å². The molecule has 1 saturated heterocycles. The Kier molecular flexibility index (Phi) is 3.94. The number of piperidine rings is 1. The van der Waals surface area contributed by atoms with Crippen molar-refractivity contribution >= 4 is 17.4 Å². The van der Waals surface area contributed by atoms with Crippen molar-refractivity contribution in [2.45, 2.75) is 44.8 Å². The lowest BCUT2D eigenvalue weighted by Gasteiger charge is -2.31. The molecule has 1 saturated carbocycles. The fourth-order valence-corrected chi connectivity index (χ4v) is 3.61. The smallest absolute Gasteiger partial charge is 0.318 e. The Balaban J connectivity index is 1.65. The van der Waals surface area contributed by atoms with E-state index in [0.29, 0.717) is 12.5 Å². The fourth-order valence-electron chi connectivity index (χ4n) is 2.69. The van der Waals surface area contributed by atoms with Gasteiger partial charge in [-0.3, -0.25) is 0 Å². The Morgan fingerprint density at radius 1 is 1.55 bits per heavy atom. The van der Waals surface area contributed by atoms with E-state index in [4.69, 9.17) is 0 Å². The van der Waals surface area contributed by atoms with Crippen LogP contribution in [0.25, 0.3) is 0 Å². The third kappa shape index (κ3) is 3.12. The van der Waals surface area contributed by atoms with Gasteiger partial charge in [0.15, 0.2) is 0 Å². The van der Waals surface area contributed by atoms with Crippen LogP contribution in [-0.2, 0) is 0 Å². The zero-order chi connectivity index (χ0) is 14.1. The van der Waals surface area contributed by atoms with Crippen LogP contribution < -0.4 is 5.32 Å². The summed E-state index contributed by atoms with van der Waals surface area (Å²) >= 11 is 1.66. The van der Waals surface area contributed by atoms with Gasteiger partial charge in [0.1, 0.15) is 5.01 Å². The molecule has 1 aromatic heterocycles. The van der Waals surface area contributed by atoms with Crippen LogP contribution in [0.5, 0.6) is 0 Å². The molecule has 2 heterocycles. The van der Waals surface area contributed by atoms with Crippen LogP contribution in [0.4, 0.5) is 4.79 Å². The molecule has 2 N–H and O–H groups in total. The number of carbonyl (C=O) groups excluding carboxylic acids is 1. The van der Waals surface area contributed by atoms with Gasteiger partial charge in [-0.2, -0.15) is 0 Å². The van der Waals surface area contributed by atoms with E-state index in [-0.39, 0.29) is 18.2 Å². The number of hydrogen-bond acceptors (Lipinski definition) is 4. The predicted octanol–water partition coefficient (Wildman–Crippen LogP) is 2.07. The topological polar surface area (TPSA) is 65.5 Å². The second kappa shape index (κ2) is 5.69. The third-order valence-corrected chi connectivity index (χ3v) is 4.96. The Labute approximate surface area is 123 Å². The van der Waals surface area contributed by atoms with Gasteiger partial charge >= 0.3 is 6.03 Å². The summed E-state index contributed by atoms with van der Waals surface area (Å²) in [6.07, 6.45) is 5.47. The zero-order valence-electron chi connectivity index (χ0n) is 11.7. The van der Waals surface area contributed by atoms with E-state index in [1.807, 2.05) is 13.1 Å². The van der Waals surface area contributed by atoms with E-state index >= 15 is 0 Å². The maximum absolute atomic E-state index is 12.3. The molecule has 0 radical (unpaired) electrons. The lowest BCUT2D eigenvalue weighted by atomic mass is 10.1. The van der Waals surface area contributed by atoms with Gasteiger partial charge in [0.05, 0.1) is 12.1 Å². The Morgan fingerprint density at radius 3 is 2.95 bits per heavy atom. The second-order valence-corrected chi connectivity index (χ2v) is 7.08. The molecule has 2 aliphatic rings. The van der Waals surface area contributed by atoms with Gasteiger partial charge < -0.3 is 15.3 Å². The van der Waals surface area contributed by atoms with E-state index < -0.39 is 0 Å². The minimum atomic E-state index is -0.379. The van der Waals surface area contributed by atoms with Crippen LogP contribution in [0.2, 0.25) is 0 Å². The summed E-state index contributed by atoms with van der Waals surface area (Å²) in [6.45, 7) is 3.21. The number of aryl methyl sites for hydroxylation is 1. The standard InChI is InChI=1S/C14H21N3O2S/c1-9-7-15-13(20-9)12(10-4-5-10)16-14(19)17-6-2-3-11(18)8-17/h7,10-12,18H,2-6,8H2,1H3,(H,16,19). The first-order valence-electron chi connectivity index (χ1n) is 7.29. The third-order valence-electron chi connectivity index (χ3n) is 3.96. The van der Waals surface area contributed by atoms with E-state index in [2.05, 4.69) is 10.3 Å². The van der Waals surface area contributed by atoms with Crippen LogP contribution in [0, 0.1) is 12.8 Å². The monoisotopic (exact) mass is 295 g/mol. The molecule has 20 heavy (non-hydrogen) atoms. The van der Waals surface area contributed by atoms with E-state index in [1.165, 1.54) is 4.88 Å². The number of rotatable bonds is 3. The van der Waals surface area contributed by atoms with Crippen LogP contribution in [-0.4, -0.2) is 40.2 Å². The molecule has 0 bridgehead atoms. The minimum absolute atomic E-state index is 0.0419. The molecule has 2 fully saturated rings. The van der Waals surface area contributed by atoms with Crippen molar-refractivity contribution in [2.75, 3.05) is 13.1 Å². The summed E-state index contributed by atoms with van der Waals surface area (Å²) < 4.78 is 0. The Bertz CT molecular complexity index is 487. The molecule has 2 unspecified atom stereocenters. The molecular formula is C14H21N3O2S. The number of nitrogens with zero attached hydrogens (tertiary/aromatic N) is 2. The van der Waals surface area contributed by atoms with Crippen molar-refractivity contribution in [3.05, 3.63) is 16.1 Å². The normalized spacial score (nSPS) is 24.5. The molecule has 0 aromatic carbocycles. The molecule has 110 valence electrons. The number of carbonyl (C=O) groups is 1. The average molecular weight is 295 g/mol. The minimum Gasteiger partial charge on any atom is -0.391 e. The highest BCUT2D eigenvalue weighted by Gasteiger charge is 2.36. The van der Waals surface area contributed by atoms with Crippen LogP contribution in [0.3, 0.4) is 0 Å². The summed E-state index contributed by atoms with van der Waals surface area (Å²) in [4.78, 5) is 19.7. The molecule has 1 aromatic rings. The second-order valence-electron chi connectivity index (χ2n) is 5.82. The number of amides is 2. The van der Waals surface area contributed by atoms with E-state index in [1.54, 1.807) is 16.2 Å². The van der Waals surface area contributed by atoms with Crippen LogP contribution in [0.15, 0.2) is 6.20 Å². The fraction of sp³-hybridized carbons (Fsp3) is 0.714. The molecule has 1 aliphatic heterocycles. The number of β-amino-alcohol motifs (C(OH)–C–C–N with tert-alkyl or cyclic N) is 1. The first-order chi connectivity index (χ1) is 9.63. The SMILES string of the molecule is Cc1cnc(C(NC(=O)N2CCCC(O)C2)C2CC2)s1. The Morgan fingerprint density at radius 2 is 2.35 bits per heavy atom. The maximum Gasteiger partial charge on any atom is 0.318 e. The number of aliphatic hydroxyl groups is 1. The van der Waals surface area contributed by atoms with E-state index in [0.717, 1.165) is 37.2 Å². The predicted molar refractivity (Wildman–Crippen MR) is 77.7 cm³/mol. The first-order valence-corrected chi connectivity index (χ1v) is 8.11. The molecule has 2 amide bonds. The quantitative estimate of drug-likeness (QED) is 0.897. The highest BCUT2D eigenvalue weighted by atomic mass is 32.1. The number of urea groups is 1. The van der Waals surface area contributed by atoms with Crippen LogP contribution in [0.1, 0.15) is 41.6 Å². The highest BCUT2D eigenvalue weighted by Crippen LogP contribution is 2.42. The van der Waals surface area contributed by atoms with Gasteiger partial charge in [-0.15, -0.1) is 11.3 Å². The van der Waals surface area contributed by atoms with Crippen molar-refractivity contribution in [1.82, 2.24) is 15.2 Å². The maximum atomic E-state index is 12.3. The molecule has 0 spiro atoms. The lowest BCUT2D eigenvalue weighted by molar-refractivity contribution is 0.0830. The summed E-state index contributed by atoms with van der Waals surface area (Å²) in [5.41, 5.74) is 0. The number of likely N-dealkylation sites (tertiary alicyclic amines) is 1. The number of thiazole rings is 1. The van der Waals surface area contributed by atoms with Crippen LogP contribution >= 0.6 is 11.3 Å². The van der Waals surface area contributed by atoms with Gasteiger partial charge in [-0.25, -0.2) is 9.78 Å². The molecule has 6 heteroatoms. The van der Waals surface area contributed by atoms with Gasteiger partial charge in [0, 0.05) is 24.2 Å². The van der Waals surface area contributed by atoms with Crippen molar-refractivity contribution in [3.63, 3.8) is 0 Å². The number of nitrogens with one attached hydrogen (secondary N) is 1. The largest absolute Gasteiger partial charge is 0.391 e. The average Bonchev–Trinajstić information content (AvgIpc) is 3.18. The summed E-state index contributed by atoms with van der Waals surface area (Å²) in [5.74, 6) is 0.527. The molecule has 5 nitrogen and oxygen atoms in total. The van der Waals surface area contributed by atoms with E-state index in [9.17, 15) is 9.90 Å². The summed E-state index contributed by atoms with van der Waals surface area (Å²) in [7, 11) is 0. The molecule has 1 aliphatic carbocycles. The molecule has 2 atom stereocenters. The summed E-state index contributed by atoms with van der Waals surface area (Å²) in [6, 6.07) is -0.0197. The van der Waals surface area contributed by atoms with Gasteiger partial charge in [-0.1, -0.05) is 0 Å². The number of hydrogen-bond donors (Lipinski definition) is 2. The Hall–Kier alpha value is -1.14. The number of aliphatic hydroxyl groups excluding tert-OH is 1. The number of aromatic nitrogens is 1. The van der Waals surface area contributed by atoms with Crippen molar-refractivity contribution in [1.29, 1.82) is 0 Å². The molecule has 3 rings (SSSR count). The summed E-state index contributed by atoms with van der Waals surface area (Å²) in [5, 5.41) is 13.8. The van der Waals surface area contributed by atoms with Gasteiger partial charge in [0.2, 0.25) is 0 Å². The zero-order valence-corrected chi connectivity index (χ0v) is 12.5. The van der Waals surface area contributed by atoms with Gasteiger partial charge in [0.25, 0.3) is 0 Å². The highest BCUT2D eigenvalue weighted by molar-refractivity contribution is 7.11. The first kappa shape index (κ1) is 13.8. The lowest BCUT2D eigenvalue weighted by Crippen LogP contribution is -2.48. The van der Waals surface area contributed by atoms with Crippen molar-refractivity contribution in [3.8, 4) is 0 Å².